The molecule has 0 aromatic rings. The predicted molar refractivity (Wildman–Crippen MR) is 226 cm³/mol. The molecule has 0 unspecified atom stereocenters. The van der Waals surface area contributed by atoms with Crippen molar-refractivity contribution in [3.8, 4) is 0 Å². The normalized spacial score (nSPS) is 11.6. The standard InChI is InChI=1S/C46H91NO7/c1-4-7-10-13-16-23-28-40-51-44(49)33-25-18-17-19-26-36-47(38-32-39-48)37-27-20-24-29-41-52-45(50)34-35-46(53-42-30-21-14-11-8-5-2)54-43-31-22-15-12-9-6-3/h46,48H,4-43H2,1-3H3. The van der Waals surface area contributed by atoms with Crippen LogP contribution in [0.3, 0.4) is 0 Å². The highest BCUT2D eigenvalue weighted by atomic mass is 16.7. The van der Waals surface area contributed by atoms with Gasteiger partial charge in [0.15, 0.2) is 6.29 Å². The van der Waals surface area contributed by atoms with Crippen molar-refractivity contribution in [1.29, 1.82) is 0 Å². The minimum atomic E-state index is -0.322. The van der Waals surface area contributed by atoms with Gasteiger partial charge < -0.3 is 29.0 Å². The zero-order valence-corrected chi connectivity index (χ0v) is 36.2. The number of hydrogen-bond acceptors (Lipinski definition) is 8. The maximum absolute atomic E-state index is 12.5. The molecule has 54 heavy (non-hydrogen) atoms. The fourth-order valence-corrected chi connectivity index (χ4v) is 6.78. The summed E-state index contributed by atoms with van der Waals surface area (Å²) < 4.78 is 23.1. The topological polar surface area (TPSA) is 94.5 Å². The molecule has 8 heteroatoms. The Labute approximate surface area is 334 Å². The van der Waals surface area contributed by atoms with E-state index in [4.69, 9.17) is 18.9 Å². The first-order chi connectivity index (χ1) is 26.6. The van der Waals surface area contributed by atoms with Crippen molar-refractivity contribution in [2.24, 2.45) is 0 Å². The maximum Gasteiger partial charge on any atom is 0.305 e. The van der Waals surface area contributed by atoms with Crippen molar-refractivity contribution in [3.05, 3.63) is 0 Å². The minimum absolute atomic E-state index is 0.0358. The first kappa shape index (κ1) is 52.8. The lowest BCUT2D eigenvalue weighted by Crippen LogP contribution is -2.28. The van der Waals surface area contributed by atoms with E-state index in [1.807, 2.05) is 0 Å². The Hall–Kier alpha value is -1.22. The Morgan fingerprint density at radius 1 is 0.426 bits per heavy atom. The molecule has 0 saturated heterocycles. The van der Waals surface area contributed by atoms with Crippen LogP contribution in [0.4, 0.5) is 0 Å². The van der Waals surface area contributed by atoms with E-state index in [2.05, 4.69) is 25.7 Å². The highest BCUT2D eigenvalue weighted by Gasteiger charge is 2.14. The number of ether oxygens (including phenoxy) is 4. The van der Waals surface area contributed by atoms with Gasteiger partial charge in [-0.05, 0) is 64.5 Å². The maximum atomic E-state index is 12.5. The van der Waals surface area contributed by atoms with Gasteiger partial charge in [0, 0.05) is 39.2 Å². The number of aliphatic hydroxyl groups excluding tert-OH is 1. The fourth-order valence-electron chi connectivity index (χ4n) is 6.78. The predicted octanol–water partition coefficient (Wildman–Crippen LogP) is 12.3. The number of rotatable bonds is 45. The van der Waals surface area contributed by atoms with Gasteiger partial charge >= 0.3 is 11.9 Å². The molecule has 0 spiro atoms. The molecule has 0 amide bonds. The summed E-state index contributed by atoms with van der Waals surface area (Å²) >= 11 is 0. The monoisotopic (exact) mass is 770 g/mol. The lowest BCUT2D eigenvalue weighted by molar-refractivity contribution is -0.159. The molecule has 322 valence electrons. The summed E-state index contributed by atoms with van der Waals surface area (Å²) in [6.07, 6.45) is 34.9. The Bertz CT molecular complexity index is 749. The number of aliphatic hydroxyl groups is 1. The van der Waals surface area contributed by atoms with E-state index in [0.29, 0.717) is 45.7 Å². The Morgan fingerprint density at radius 2 is 0.778 bits per heavy atom. The van der Waals surface area contributed by atoms with Crippen molar-refractivity contribution in [3.63, 3.8) is 0 Å². The van der Waals surface area contributed by atoms with Crippen molar-refractivity contribution < 1.29 is 33.6 Å². The lowest BCUT2D eigenvalue weighted by Gasteiger charge is -2.22. The van der Waals surface area contributed by atoms with Crippen LogP contribution in [0.25, 0.3) is 0 Å². The third kappa shape index (κ3) is 40.4. The Balaban J connectivity index is 4.04. The summed E-state index contributed by atoms with van der Waals surface area (Å²) in [5.74, 6) is -0.188. The van der Waals surface area contributed by atoms with Crippen LogP contribution in [0.1, 0.15) is 226 Å². The molecular weight excluding hydrogens is 679 g/mol. The number of hydrogen-bond donors (Lipinski definition) is 1. The van der Waals surface area contributed by atoms with Crippen LogP contribution in [0.15, 0.2) is 0 Å². The van der Waals surface area contributed by atoms with Gasteiger partial charge in [-0.15, -0.1) is 0 Å². The fraction of sp³-hybridized carbons (Fsp3) is 0.957. The lowest BCUT2D eigenvalue weighted by atomic mass is 10.1. The van der Waals surface area contributed by atoms with E-state index in [1.165, 1.54) is 103 Å². The number of esters is 2. The van der Waals surface area contributed by atoms with E-state index < -0.39 is 0 Å². The molecule has 0 radical (unpaired) electrons. The summed E-state index contributed by atoms with van der Waals surface area (Å²) in [6, 6.07) is 0. The average molecular weight is 770 g/mol. The molecule has 0 rings (SSSR count). The van der Waals surface area contributed by atoms with Crippen LogP contribution in [0, 0.1) is 0 Å². The molecular formula is C46H91NO7. The van der Waals surface area contributed by atoms with Gasteiger partial charge in [-0.2, -0.15) is 0 Å². The summed E-state index contributed by atoms with van der Waals surface area (Å²) in [6.45, 7) is 12.4. The van der Waals surface area contributed by atoms with E-state index in [9.17, 15) is 14.7 Å². The number of unbranched alkanes of at least 4 members (excludes halogenated alkanes) is 23. The molecule has 0 aliphatic carbocycles. The van der Waals surface area contributed by atoms with Gasteiger partial charge in [-0.25, -0.2) is 0 Å². The molecule has 8 nitrogen and oxygen atoms in total. The third-order valence-corrected chi connectivity index (χ3v) is 10.3. The summed E-state index contributed by atoms with van der Waals surface area (Å²) in [5.41, 5.74) is 0. The van der Waals surface area contributed by atoms with E-state index in [-0.39, 0.29) is 24.8 Å². The van der Waals surface area contributed by atoms with Gasteiger partial charge in [0.2, 0.25) is 0 Å². The van der Waals surface area contributed by atoms with Gasteiger partial charge in [0.25, 0.3) is 0 Å². The number of nitrogens with zero attached hydrogens (tertiary/aromatic N) is 1. The van der Waals surface area contributed by atoms with Gasteiger partial charge in [-0.3, -0.25) is 9.59 Å². The largest absolute Gasteiger partial charge is 0.466 e. The Kier molecular flexibility index (Phi) is 43.5. The molecule has 0 fully saturated rings. The van der Waals surface area contributed by atoms with Crippen LogP contribution in [-0.4, -0.2) is 80.9 Å². The molecule has 1 N–H and O–H groups in total. The smallest absolute Gasteiger partial charge is 0.305 e. The second-order valence-electron chi connectivity index (χ2n) is 15.7. The zero-order chi connectivity index (χ0) is 39.4. The first-order valence-electron chi connectivity index (χ1n) is 23.4. The van der Waals surface area contributed by atoms with Crippen LogP contribution >= 0.6 is 0 Å². The number of carbonyl (C=O) groups excluding carboxylic acids is 2. The summed E-state index contributed by atoms with van der Waals surface area (Å²) in [4.78, 5) is 27.0. The first-order valence-corrected chi connectivity index (χ1v) is 23.4. The highest BCUT2D eigenvalue weighted by Crippen LogP contribution is 2.14. The SMILES string of the molecule is CCCCCCCCCOC(=O)CCCCCCCN(CCCO)CCCCCCOC(=O)CCC(OCCCCCCCC)OCCCCCCCC. The molecule has 0 saturated carbocycles. The molecule has 0 aliphatic rings. The van der Waals surface area contributed by atoms with Crippen LogP contribution in [0.5, 0.6) is 0 Å². The Morgan fingerprint density at radius 3 is 1.22 bits per heavy atom. The van der Waals surface area contributed by atoms with Crippen molar-refractivity contribution in [2.45, 2.75) is 233 Å². The van der Waals surface area contributed by atoms with E-state index >= 15 is 0 Å². The van der Waals surface area contributed by atoms with E-state index in [1.54, 1.807) is 0 Å². The van der Waals surface area contributed by atoms with Crippen LogP contribution in [-0.2, 0) is 28.5 Å². The molecule has 0 heterocycles. The van der Waals surface area contributed by atoms with Crippen LogP contribution in [0.2, 0.25) is 0 Å². The van der Waals surface area contributed by atoms with Crippen LogP contribution < -0.4 is 0 Å². The highest BCUT2D eigenvalue weighted by molar-refractivity contribution is 5.69. The molecule has 0 aromatic heterocycles. The van der Waals surface area contributed by atoms with E-state index in [0.717, 1.165) is 103 Å². The zero-order valence-electron chi connectivity index (χ0n) is 36.2. The summed E-state index contributed by atoms with van der Waals surface area (Å²) in [7, 11) is 0. The third-order valence-electron chi connectivity index (χ3n) is 10.3. The van der Waals surface area contributed by atoms with Crippen molar-refractivity contribution in [2.75, 3.05) is 52.7 Å². The van der Waals surface area contributed by atoms with Crippen molar-refractivity contribution >= 4 is 11.9 Å². The van der Waals surface area contributed by atoms with Crippen molar-refractivity contribution in [1.82, 2.24) is 4.90 Å². The molecule has 0 aromatic carbocycles. The van der Waals surface area contributed by atoms with Gasteiger partial charge in [-0.1, -0.05) is 156 Å². The average Bonchev–Trinajstić information content (AvgIpc) is 3.17. The number of carbonyl (C=O) groups is 2. The second-order valence-corrected chi connectivity index (χ2v) is 15.7. The van der Waals surface area contributed by atoms with Gasteiger partial charge in [0.1, 0.15) is 0 Å². The molecule has 0 aliphatic heterocycles. The van der Waals surface area contributed by atoms with Gasteiger partial charge in [0.05, 0.1) is 19.6 Å². The summed E-state index contributed by atoms with van der Waals surface area (Å²) in [5, 5.41) is 9.37. The molecule has 0 atom stereocenters. The minimum Gasteiger partial charge on any atom is -0.466 e. The second kappa shape index (κ2) is 44.5. The quantitative estimate of drug-likeness (QED) is 0.0372. The molecule has 0 bridgehead atoms.